The van der Waals surface area contributed by atoms with Gasteiger partial charge in [0.15, 0.2) is 11.6 Å². The van der Waals surface area contributed by atoms with E-state index < -0.39 is 0 Å². The number of ether oxygens (including phenoxy) is 4. The van der Waals surface area contributed by atoms with Crippen LogP contribution in [0.4, 0.5) is 0 Å². The number of hydrogen-bond donors (Lipinski definition) is 2. The predicted octanol–water partition coefficient (Wildman–Crippen LogP) is 2.95. The number of Topliss-reactive ketones (excluding diaryl/α,β-unsaturated/α-hetero) is 2. The number of rotatable bonds is 19. The summed E-state index contributed by atoms with van der Waals surface area (Å²) < 4.78 is 22.6. The highest BCUT2D eigenvalue weighted by atomic mass is 16.5. The monoisotopic (exact) mass is 610 g/mol. The van der Waals surface area contributed by atoms with Crippen molar-refractivity contribution in [1.29, 1.82) is 0 Å². The SMILES string of the molecule is CCCOc1ccc(C(=O)C(CCCCC(C[NH+]2CCOCC2)C(=O)c2ccc(OCCC)cc2)C[NH+]2CCOCC2)cc1. The quantitative estimate of drug-likeness (QED) is 0.188. The highest BCUT2D eigenvalue weighted by Gasteiger charge is 2.29. The summed E-state index contributed by atoms with van der Waals surface area (Å²) in [5, 5.41) is 0. The number of benzene rings is 2. The fraction of sp³-hybridized carbons (Fsp3) is 0.611. The molecule has 0 saturated carbocycles. The minimum atomic E-state index is -0.0554. The van der Waals surface area contributed by atoms with Crippen molar-refractivity contribution in [2.75, 3.05) is 78.9 Å². The van der Waals surface area contributed by atoms with Gasteiger partial charge in [-0.3, -0.25) is 9.59 Å². The topological polar surface area (TPSA) is 79.9 Å². The summed E-state index contributed by atoms with van der Waals surface area (Å²) in [6.07, 6.45) is 5.39. The standard InChI is InChI=1S/C36H52N2O6/c1-3-21-43-33-13-9-29(10-14-33)35(39)31(27-37-17-23-41-24-18-37)7-5-6-8-32(28-38-19-25-42-26-20-38)36(40)30-11-15-34(16-12-30)44-22-4-2/h9-16,31-32H,3-8,17-28H2,1-2H3/p+2. The van der Waals surface area contributed by atoms with E-state index in [2.05, 4.69) is 13.8 Å². The number of carbonyl (C=O) groups is 2. The highest BCUT2D eigenvalue weighted by Crippen LogP contribution is 2.22. The average Bonchev–Trinajstić information content (AvgIpc) is 3.08. The van der Waals surface area contributed by atoms with Gasteiger partial charge in [-0.25, -0.2) is 0 Å². The Morgan fingerprint density at radius 2 is 1.00 bits per heavy atom. The molecule has 0 bridgehead atoms. The summed E-state index contributed by atoms with van der Waals surface area (Å²) >= 11 is 0. The summed E-state index contributed by atoms with van der Waals surface area (Å²) in [5.41, 5.74) is 1.50. The molecule has 0 aromatic heterocycles. The van der Waals surface area contributed by atoms with E-state index >= 15 is 0 Å². The molecule has 2 heterocycles. The van der Waals surface area contributed by atoms with Crippen molar-refractivity contribution >= 4 is 11.6 Å². The van der Waals surface area contributed by atoms with Crippen LogP contribution in [0.2, 0.25) is 0 Å². The Balaban J connectivity index is 1.38. The second-order valence-corrected chi connectivity index (χ2v) is 12.3. The Bertz CT molecular complexity index is 1020. The zero-order valence-electron chi connectivity index (χ0n) is 27.0. The summed E-state index contributed by atoms with van der Waals surface area (Å²) in [6, 6.07) is 15.3. The second-order valence-electron chi connectivity index (χ2n) is 12.3. The molecule has 2 fully saturated rings. The van der Waals surface area contributed by atoms with Gasteiger partial charge >= 0.3 is 0 Å². The van der Waals surface area contributed by atoms with Crippen molar-refractivity contribution in [3.8, 4) is 11.5 Å². The number of nitrogens with one attached hydrogen (secondary N) is 2. The van der Waals surface area contributed by atoms with Gasteiger partial charge in [0.2, 0.25) is 0 Å². The first-order chi connectivity index (χ1) is 21.6. The third-order valence-electron chi connectivity index (χ3n) is 8.79. The van der Waals surface area contributed by atoms with E-state index in [1.54, 1.807) is 0 Å². The van der Waals surface area contributed by atoms with Gasteiger partial charge in [0.25, 0.3) is 0 Å². The maximum absolute atomic E-state index is 13.8. The molecule has 4 rings (SSSR count). The Hall–Kier alpha value is -2.78. The molecule has 8 nitrogen and oxygen atoms in total. The van der Waals surface area contributed by atoms with E-state index in [-0.39, 0.29) is 23.4 Å². The van der Waals surface area contributed by atoms with Crippen LogP contribution in [0.3, 0.4) is 0 Å². The summed E-state index contributed by atoms with van der Waals surface area (Å²) in [6.45, 7) is 13.9. The minimum absolute atomic E-state index is 0.0554. The molecular weight excluding hydrogens is 556 g/mol. The molecule has 2 aromatic rings. The molecule has 0 spiro atoms. The van der Waals surface area contributed by atoms with Crippen molar-refractivity contribution in [2.45, 2.75) is 52.4 Å². The van der Waals surface area contributed by atoms with Crippen molar-refractivity contribution in [3.63, 3.8) is 0 Å². The molecule has 2 saturated heterocycles. The van der Waals surface area contributed by atoms with Crippen molar-refractivity contribution in [2.24, 2.45) is 11.8 Å². The van der Waals surface area contributed by atoms with Gasteiger partial charge in [0.1, 0.15) is 37.7 Å². The van der Waals surface area contributed by atoms with Crippen LogP contribution in [0.15, 0.2) is 48.5 Å². The molecule has 2 N–H and O–H groups in total. The molecule has 0 radical (unpaired) electrons. The Labute approximate surface area is 264 Å². The van der Waals surface area contributed by atoms with Gasteiger partial charge in [0, 0.05) is 11.1 Å². The van der Waals surface area contributed by atoms with Gasteiger partial charge in [-0.2, -0.15) is 0 Å². The lowest BCUT2D eigenvalue weighted by atomic mass is 9.88. The molecule has 2 atom stereocenters. The van der Waals surface area contributed by atoms with Crippen LogP contribution < -0.4 is 19.3 Å². The fourth-order valence-electron chi connectivity index (χ4n) is 6.20. The number of morpholine rings is 2. The van der Waals surface area contributed by atoms with Gasteiger partial charge < -0.3 is 28.7 Å². The molecule has 2 unspecified atom stereocenters. The smallest absolute Gasteiger partial charge is 0.171 e. The number of ketones is 2. The molecular formula is C36H54N2O6+2. The van der Waals surface area contributed by atoms with Crippen LogP contribution in [-0.4, -0.2) is 90.5 Å². The van der Waals surface area contributed by atoms with E-state index in [1.807, 2.05) is 48.5 Å². The zero-order chi connectivity index (χ0) is 31.0. The molecule has 2 aliphatic rings. The summed E-state index contributed by atoms with van der Waals surface area (Å²) in [4.78, 5) is 30.4. The number of unbranched alkanes of at least 4 members (excludes halogenated alkanes) is 1. The molecule has 44 heavy (non-hydrogen) atoms. The molecule has 0 aliphatic carbocycles. The van der Waals surface area contributed by atoms with Crippen LogP contribution in [0.1, 0.15) is 73.1 Å². The zero-order valence-corrected chi connectivity index (χ0v) is 27.0. The first kappa shape index (κ1) is 34.1. The van der Waals surface area contributed by atoms with Crippen molar-refractivity contribution in [3.05, 3.63) is 59.7 Å². The van der Waals surface area contributed by atoms with E-state index in [0.29, 0.717) is 13.2 Å². The van der Waals surface area contributed by atoms with E-state index in [0.717, 1.165) is 127 Å². The maximum Gasteiger partial charge on any atom is 0.171 e. The molecule has 242 valence electrons. The third kappa shape index (κ3) is 11.0. The van der Waals surface area contributed by atoms with E-state index in [1.165, 1.54) is 9.80 Å². The van der Waals surface area contributed by atoms with Crippen molar-refractivity contribution < 1.29 is 38.3 Å². The van der Waals surface area contributed by atoms with Crippen LogP contribution in [0.5, 0.6) is 11.5 Å². The summed E-state index contributed by atoms with van der Waals surface area (Å²) in [5.74, 6) is 1.92. The first-order valence-corrected chi connectivity index (χ1v) is 16.9. The van der Waals surface area contributed by atoms with Gasteiger partial charge in [-0.15, -0.1) is 0 Å². The third-order valence-corrected chi connectivity index (χ3v) is 8.79. The van der Waals surface area contributed by atoms with E-state index in [9.17, 15) is 9.59 Å². The van der Waals surface area contributed by atoms with Crippen LogP contribution >= 0.6 is 0 Å². The van der Waals surface area contributed by atoms with Gasteiger partial charge in [-0.1, -0.05) is 26.7 Å². The Morgan fingerprint density at radius 3 is 1.34 bits per heavy atom. The van der Waals surface area contributed by atoms with Crippen LogP contribution in [0, 0.1) is 11.8 Å². The normalized spacial score (nSPS) is 17.6. The summed E-state index contributed by atoms with van der Waals surface area (Å²) in [7, 11) is 0. The lowest BCUT2D eigenvalue weighted by molar-refractivity contribution is -0.910. The highest BCUT2D eigenvalue weighted by molar-refractivity contribution is 5.98. The lowest BCUT2D eigenvalue weighted by Crippen LogP contribution is -3.14. The Morgan fingerprint density at radius 1 is 0.636 bits per heavy atom. The largest absolute Gasteiger partial charge is 0.494 e. The second kappa shape index (κ2) is 18.9. The van der Waals surface area contributed by atoms with Crippen LogP contribution in [-0.2, 0) is 9.47 Å². The maximum atomic E-state index is 13.8. The molecule has 0 amide bonds. The van der Waals surface area contributed by atoms with Crippen LogP contribution in [0.25, 0.3) is 0 Å². The molecule has 2 aromatic carbocycles. The van der Waals surface area contributed by atoms with Gasteiger partial charge in [-0.05, 0) is 74.2 Å². The van der Waals surface area contributed by atoms with E-state index in [4.69, 9.17) is 18.9 Å². The number of hydrogen-bond acceptors (Lipinski definition) is 6. The predicted molar refractivity (Wildman–Crippen MR) is 171 cm³/mol. The first-order valence-electron chi connectivity index (χ1n) is 16.9. The Kier molecular flexibility index (Phi) is 14.6. The molecule has 8 heteroatoms. The van der Waals surface area contributed by atoms with Crippen molar-refractivity contribution in [1.82, 2.24) is 0 Å². The average molecular weight is 611 g/mol. The minimum Gasteiger partial charge on any atom is -0.494 e. The number of quaternary nitrogens is 2. The van der Waals surface area contributed by atoms with Gasteiger partial charge in [0.05, 0.1) is 64.6 Å². The molecule has 2 aliphatic heterocycles. The lowest BCUT2D eigenvalue weighted by Gasteiger charge is -2.28. The number of carbonyl (C=O) groups excluding carboxylic acids is 2. The fourth-order valence-corrected chi connectivity index (χ4v) is 6.20.